The van der Waals surface area contributed by atoms with Crippen molar-refractivity contribution in [3.05, 3.63) is 35.6 Å². The van der Waals surface area contributed by atoms with E-state index in [-0.39, 0.29) is 11.6 Å². The van der Waals surface area contributed by atoms with Gasteiger partial charge in [-0.25, -0.2) is 4.39 Å². The largest absolute Gasteiger partial charge is 0.306 e. The molecular weight excluding hydrogens is 241 g/mol. The van der Waals surface area contributed by atoms with Crippen molar-refractivity contribution < 1.29 is 9.18 Å². The van der Waals surface area contributed by atoms with Crippen molar-refractivity contribution in [2.75, 3.05) is 20.1 Å². The fourth-order valence-electron chi connectivity index (χ4n) is 2.80. The summed E-state index contributed by atoms with van der Waals surface area (Å²) in [5, 5.41) is 0. The Morgan fingerprint density at radius 2 is 1.89 bits per heavy atom. The van der Waals surface area contributed by atoms with Gasteiger partial charge in [0.05, 0.1) is 0 Å². The lowest BCUT2D eigenvalue weighted by Crippen LogP contribution is -2.27. The van der Waals surface area contributed by atoms with E-state index in [4.69, 9.17) is 0 Å². The minimum atomic E-state index is -0.296. The highest BCUT2D eigenvalue weighted by atomic mass is 19.1. The minimum Gasteiger partial charge on any atom is -0.306 e. The molecule has 19 heavy (non-hydrogen) atoms. The molecule has 0 aliphatic heterocycles. The van der Waals surface area contributed by atoms with Crippen LogP contribution in [0.5, 0.6) is 0 Å². The molecule has 1 aliphatic carbocycles. The molecule has 1 fully saturated rings. The van der Waals surface area contributed by atoms with Gasteiger partial charge in [0.2, 0.25) is 0 Å². The first kappa shape index (κ1) is 14.2. The average Bonchev–Trinajstić information content (AvgIpc) is 2.89. The molecule has 1 aliphatic rings. The molecule has 2 nitrogen and oxygen atoms in total. The monoisotopic (exact) mass is 263 g/mol. The van der Waals surface area contributed by atoms with Crippen molar-refractivity contribution in [3.63, 3.8) is 0 Å². The average molecular weight is 263 g/mol. The normalized spacial score (nSPS) is 16.2. The number of benzene rings is 1. The maximum atomic E-state index is 12.8. The minimum absolute atomic E-state index is 0.0956. The van der Waals surface area contributed by atoms with Crippen LogP contribution in [0.15, 0.2) is 24.3 Å². The number of carbonyl (C=O) groups excluding carboxylic acids is 1. The van der Waals surface area contributed by atoms with Gasteiger partial charge in [-0.1, -0.05) is 12.8 Å². The smallest absolute Gasteiger partial charge is 0.164 e. The van der Waals surface area contributed by atoms with Crippen LogP contribution in [-0.2, 0) is 0 Å². The van der Waals surface area contributed by atoms with Gasteiger partial charge in [-0.3, -0.25) is 4.79 Å². The number of halogens is 1. The Labute approximate surface area is 114 Å². The van der Waals surface area contributed by atoms with Gasteiger partial charge >= 0.3 is 0 Å². The second-order valence-corrected chi connectivity index (χ2v) is 5.59. The summed E-state index contributed by atoms with van der Waals surface area (Å²) < 4.78 is 12.8. The number of rotatable bonds is 6. The molecule has 1 aromatic rings. The van der Waals surface area contributed by atoms with E-state index in [1.54, 1.807) is 12.1 Å². The van der Waals surface area contributed by atoms with Gasteiger partial charge in [0.1, 0.15) is 5.82 Å². The molecule has 0 spiro atoms. The number of hydrogen-bond donors (Lipinski definition) is 0. The first-order valence-electron chi connectivity index (χ1n) is 7.12. The molecule has 0 bridgehead atoms. The van der Waals surface area contributed by atoms with E-state index >= 15 is 0 Å². The zero-order chi connectivity index (χ0) is 13.7. The van der Waals surface area contributed by atoms with Crippen LogP contribution in [0.2, 0.25) is 0 Å². The molecule has 0 heterocycles. The van der Waals surface area contributed by atoms with Crippen molar-refractivity contribution in [1.29, 1.82) is 0 Å². The summed E-state index contributed by atoms with van der Waals surface area (Å²) in [6, 6.07) is 5.81. The quantitative estimate of drug-likeness (QED) is 0.732. The molecule has 3 heteroatoms. The van der Waals surface area contributed by atoms with Crippen LogP contribution in [0.25, 0.3) is 0 Å². The highest BCUT2D eigenvalue weighted by Crippen LogP contribution is 2.25. The lowest BCUT2D eigenvalue weighted by molar-refractivity contribution is 0.0966. The summed E-state index contributed by atoms with van der Waals surface area (Å²) in [7, 11) is 2.08. The molecule has 0 amide bonds. The lowest BCUT2D eigenvalue weighted by atomic mass is 10.1. The highest BCUT2D eigenvalue weighted by Gasteiger charge is 2.17. The summed E-state index contributed by atoms with van der Waals surface area (Å²) in [5.41, 5.74) is 0.607. The van der Waals surface area contributed by atoms with Crippen LogP contribution < -0.4 is 0 Å². The third-order valence-electron chi connectivity index (χ3n) is 3.93. The number of carbonyl (C=O) groups is 1. The number of hydrogen-bond acceptors (Lipinski definition) is 2. The van der Waals surface area contributed by atoms with Crippen LogP contribution in [0, 0.1) is 11.7 Å². The Morgan fingerprint density at radius 3 is 2.53 bits per heavy atom. The molecule has 0 aromatic heterocycles. The number of ketones is 1. The summed E-state index contributed by atoms with van der Waals surface area (Å²) in [6.45, 7) is 1.88. The standard InChI is InChI=1S/C16H22FNO/c1-18(12-13-4-2-3-5-13)11-10-16(19)14-6-8-15(17)9-7-14/h6-9,13H,2-5,10-12H2,1H3. The van der Waals surface area contributed by atoms with Gasteiger partial charge in [0, 0.05) is 25.1 Å². The SMILES string of the molecule is CN(CCC(=O)c1ccc(F)cc1)CC1CCCC1. The maximum absolute atomic E-state index is 12.8. The topological polar surface area (TPSA) is 20.3 Å². The molecular formula is C16H22FNO. The second kappa shape index (κ2) is 6.80. The van der Waals surface area contributed by atoms with Gasteiger partial charge < -0.3 is 4.90 Å². The number of Topliss-reactive ketones (excluding diaryl/α,β-unsaturated/α-hetero) is 1. The first-order valence-corrected chi connectivity index (χ1v) is 7.12. The van der Waals surface area contributed by atoms with Crippen LogP contribution in [0.1, 0.15) is 42.5 Å². The van der Waals surface area contributed by atoms with Gasteiger partial charge in [-0.15, -0.1) is 0 Å². The molecule has 0 N–H and O–H groups in total. The van der Waals surface area contributed by atoms with Crippen molar-refractivity contribution in [2.24, 2.45) is 5.92 Å². The summed E-state index contributed by atoms with van der Waals surface area (Å²) in [5.74, 6) is 0.610. The van der Waals surface area contributed by atoms with Crippen LogP contribution in [0.3, 0.4) is 0 Å². The van der Waals surface area contributed by atoms with E-state index in [0.29, 0.717) is 12.0 Å². The van der Waals surface area contributed by atoms with Crippen LogP contribution in [-0.4, -0.2) is 30.8 Å². The van der Waals surface area contributed by atoms with Gasteiger partial charge in [-0.2, -0.15) is 0 Å². The predicted octanol–water partition coefficient (Wildman–Crippen LogP) is 3.52. The summed E-state index contributed by atoms with van der Waals surface area (Å²) in [4.78, 5) is 14.2. The van der Waals surface area contributed by atoms with Crippen molar-refractivity contribution in [2.45, 2.75) is 32.1 Å². The van der Waals surface area contributed by atoms with E-state index in [9.17, 15) is 9.18 Å². The van der Waals surface area contributed by atoms with Crippen molar-refractivity contribution in [1.82, 2.24) is 4.90 Å². The van der Waals surface area contributed by atoms with E-state index < -0.39 is 0 Å². The Morgan fingerprint density at radius 1 is 1.26 bits per heavy atom. The molecule has 0 saturated heterocycles. The Bertz CT molecular complexity index is 409. The molecule has 0 atom stereocenters. The van der Waals surface area contributed by atoms with E-state index in [0.717, 1.165) is 19.0 Å². The van der Waals surface area contributed by atoms with Gasteiger partial charge in [-0.05, 0) is 50.1 Å². The Balaban J connectivity index is 1.74. The fourth-order valence-corrected chi connectivity index (χ4v) is 2.80. The Kier molecular flexibility index (Phi) is 5.08. The van der Waals surface area contributed by atoms with Crippen molar-refractivity contribution in [3.8, 4) is 0 Å². The zero-order valence-electron chi connectivity index (χ0n) is 11.6. The third-order valence-corrected chi connectivity index (χ3v) is 3.93. The third kappa shape index (κ3) is 4.43. The zero-order valence-corrected chi connectivity index (χ0v) is 11.6. The Hall–Kier alpha value is -1.22. The van der Waals surface area contributed by atoms with Gasteiger partial charge in [0.25, 0.3) is 0 Å². The van der Waals surface area contributed by atoms with Crippen molar-refractivity contribution >= 4 is 5.78 Å². The van der Waals surface area contributed by atoms with Crippen LogP contribution >= 0.6 is 0 Å². The van der Waals surface area contributed by atoms with E-state index in [1.165, 1.54) is 37.8 Å². The highest BCUT2D eigenvalue weighted by molar-refractivity contribution is 5.96. The first-order chi connectivity index (χ1) is 9.15. The van der Waals surface area contributed by atoms with Crippen LogP contribution in [0.4, 0.5) is 4.39 Å². The summed E-state index contributed by atoms with van der Waals surface area (Å²) in [6.07, 6.45) is 5.88. The molecule has 1 saturated carbocycles. The maximum Gasteiger partial charge on any atom is 0.164 e. The molecule has 2 rings (SSSR count). The predicted molar refractivity (Wildman–Crippen MR) is 74.8 cm³/mol. The number of nitrogens with zero attached hydrogens (tertiary/aromatic N) is 1. The molecule has 0 unspecified atom stereocenters. The van der Waals surface area contributed by atoms with E-state index in [2.05, 4.69) is 11.9 Å². The molecule has 104 valence electrons. The molecule has 0 radical (unpaired) electrons. The lowest BCUT2D eigenvalue weighted by Gasteiger charge is -2.20. The fraction of sp³-hybridized carbons (Fsp3) is 0.562. The van der Waals surface area contributed by atoms with E-state index in [1.807, 2.05) is 0 Å². The van der Waals surface area contributed by atoms with Gasteiger partial charge in [0.15, 0.2) is 5.78 Å². The second-order valence-electron chi connectivity index (χ2n) is 5.59. The summed E-state index contributed by atoms with van der Waals surface area (Å²) >= 11 is 0. The molecule has 1 aromatic carbocycles.